The van der Waals surface area contributed by atoms with Crippen molar-refractivity contribution in [2.24, 2.45) is 0 Å². The molecule has 0 saturated carbocycles. The van der Waals surface area contributed by atoms with Crippen LogP contribution in [-0.2, 0) is 6.61 Å². The lowest BCUT2D eigenvalue weighted by atomic mass is 10.2. The molecule has 1 aromatic carbocycles. The molecular formula is C15H16N2O2S. The number of thiazole rings is 1. The van der Waals surface area contributed by atoms with E-state index in [9.17, 15) is 0 Å². The van der Waals surface area contributed by atoms with Gasteiger partial charge in [-0.3, -0.25) is 0 Å². The Morgan fingerprint density at radius 1 is 1.30 bits per heavy atom. The Balaban J connectivity index is 2.08. The van der Waals surface area contributed by atoms with E-state index in [-0.39, 0.29) is 0 Å². The zero-order chi connectivity index (χ0) is 14.5. The van der Waals surface area contributed by atoms with Crippen molar-refractivity contribution >= 4 is 11.3 Å². The fourth-order valence-corrected chi connectivity index (χ4v) is 2.47. The smallest absolute Gasteiger partial charge is 0.131 e. The van der Waals surface area contributed by atoms with E-state index < -0.39 is 0 Å². The number of hydrogen-bond acceptors (Lipinski definition) is 5. The first-order valence-corrected chi connectivity index (χ1v) is 7.16. The molecular weight excluding hydrogens is 272 g/mol. The Kier molecular flexibility index (Phi) is 4.59. The maximum absolute atomic E-state index is 8.96. The highest BCUT2D eigenvalue weighted by atomic mass is 32.1. The Morgan fingerprint density at radius 2 is 2.05 bits per heavy atom. The Labute approximate surface area is 122 Å². The SMILES string of the molecule is COc1cc(C#N)cc(OCc2csc(C(C)C)n2)c1. The van der Waals surface area contributed by atoms with Gasteiger partial charge in [0.1, 0.15) is 18.1 Å². The van der Waals surface area contributed by atoms with Gasteiger partial charge in [-0.2, -0.15) is 5.26 Å². The van der Waals surface area contributed by atoms with Crippen LogP contribution < -0.4 is 9.47 Å². The lowest BCUT2D eigenvalue weighted by molar-refractivity contribution is 0.299. The van der Waals surface area contributed by atoms with Gasteiger partial charge < -0.3 is 9.47 Å². The predicted octanol–water partition coefficient (Wildman–Crippen LogP) is 3.73. The molecule has 4 nitrogen and oxygen atoms in total. The Hall–Kier alpha value is -2.06. The zero-order valence-corrected chi connectivity index (χ0v) is 12.5. The second-order valence-electron chi connectivity index (χ2n) is 4.63. The summed E-state index contributed by atoms with van der Waals surface area (Å²) in [5.41, 5.74) is 1.42. The summed E-state index contributed by atoms with van der Waals surface area (Å²) < 4.78 is 10.8. The third kappa shape index (κ3) is 3.49. The second kappa shape index (κ2) is 6.40. The molecule has 0 bridgehead atoms. The van der Waals surface area contributed by atoms with Crippen molar-refractivity contribution in [2.75, 3.05) is 7.11 Å². The first kappa shape index (κ1) is 14.4. The van der Waals surface area contributed by atoms with Gasteiger partial charge >= 0.3 is 0 Å². The van der Waals surface area contributed by atoms with Gasteiger partial charge in [-0.1, -0.05) is 13.8 Å². The molecule has 0 saturated heterocycles. The number of nitriles is 1. The van der Waals surface area contributed by atoms with E-state index in [1.165, 1.54) is 0 Å². The summed E-state index contributed by atoms with van der Waals surface area (Å²) >= 11 is 1.64. The summed E-state index contributed by atoms with van der Waals surface area (Å²) in [6.07, 6.45) is 0. The first-order chi connectivity index (χ1) is 9.62. The van der Waals surface area contributed by atoms with Crippen molar-refractivity contribution in [2.45, 2.75) is 26.4 Å². The maximum atomic E-state index is 8.96. The van der Waals surface area contributed by atoms with Crippen molar-refractivity contribution in [3.05, 3.63) is 39.8 Å². The number of nitrogens with zero attached hydrogens (tertiary/aromatic N) is 2. The van der Waals surface area contributed by atoms with E-state index in [1.54, 1.807) is 36.6 Å². The van der Waals surface area contributed by atoms with E-state index in [2.05, 4.69) is 24.9 Å². The number of benzene rings is 1. The molecule has 2 aromatic rings. The Morgan fingerprint density at radius 3 is 2.65 bits per heavy atom. The molecule has 104 valence electrons. The summed E-state index contributed by atoms with van der Waals surface area (Å²) in [4.78, 5) is 4.51. The molecule has 0 aliphatic carbocycles. The summed E-state index contributed by atoms with van der Waals surface area (Å²) in [7, 11) is 1.57. The summed E-state index contributed by atoms with van der Waals surface area (Å²) in [5, 5.41) is 12.1. The third-order valence-corrected chi connectivity index (χ3v) is 3.89. The van der Waals surface area contributed by atoms with Crippen LogP contribution in [0.4, 0.5) is 0 Å². The fourth-order valence-electron chi connectivity index (χ4n) is 1.65. The van der Waals surface area contributed by atoms with Crippen molar-refractivity contribution in [3.8, 4) is 17.6 Å². The highest BCUT2D eigenvalue weighted by Crippen LogP contribution is 2.24. The Bertz CT molecular complexity index is 629. The lowest BCUT2D eigenvalue weighted by Crippen LogP contribution is -1.97. The van der Waals surface area contributed by atoms with E-state index in [0.29, 0.717) is 29.6 Å². The van der Waals surface area contributed by atoms with Crippen molar-refractivity contribution < 1.29 is 9.47 Å². The molecule has 0 atom stereocenters. The summed E-state index contributed by atoms with van der Waals surface area (Å²) in [6, 6.07) is 7.21. The molecule has 0 N–H and O–H groups in total. The molecule has 0 unspecified atom stereocenters. The van der Waals surface area contributed by atoms with Gasteiger partial charge in [-0.15, -0.1) is 11.3 Å². The highest BCUT2D eigenvalue weighted by molar-refractivity contribution is 7.09. The van der Waals surface area contributed by atoms with E-state index >= 15 is 0 Å². The zero-order valence-electron chi connectivity index (χ0n) is 11.7. The minimum atomic E-state index is 0.390. The van der Waals surface area contributed by atoms with Gasteiger partial charge in [0.25, 0.3) is 0 Å². The number of aromatic nitrogens is 1. The van der Waals surface area contributed by atoms with Crippen molar-refractivity contribution in [1.29, 1.82) is 5.26 Å². The standard InChI is InChI=1S/C15H16N2O2S/c1-10(2)15-17-12(9-20-15)8-19-14-5-11(7-16)4-13(6-14)18-3/h4-6,9-10H,8H2,1-3H3. The molecule has 0 aliphatic rings. The lowest BCUT2D eigenvalue weighted by Gasteiger charge is -2.07. The molecule has 5 heteroatoms. The molecule has 2 rings (SSSR count). The van der Waals surface area contributed by atoms with E-state index in [4.69, 9.17) is 14.7 Å². The monoisotopic (exact) mass is 288 g/mol. The highest BCUT2D eigenvalue weighted by Gasteiger charge is 2.07. The normalized spacial score (nSPS) is 10.3. The van der Waals surface area contributed by atoms with Crippen LogP contribution in [0.15, 0.2) is 23.6 Å². The van der Waals surface area contributed by atoms with Crippen LogP contribution in [0.2, 0.25) is 0 Å². The number of hydrogen-bond donors (Lipinski definition) is 0. The molecule has 1 aromatic heterocycles. The van der Waals surface area contributed by atoms with Gasteiger partial charge in [0.2, 0.25) is 0 Å². The molecule has 0 radical (unpaired) electrons. The molecule has 0 amide bonds. The maximum Gasteiger partial charge on any atom is 0.131 e. The minimum Gasteiger partial charge on any atom is -0.497 e. The van der Waals surface area contributed by atoms with Crippen LogP contribution in [0.3, 0.4) is 0 Å². The molecule has 1 heterocycles. The third-order valence-electron chi connectivity index (χ3n) is 2.69. The molecule has 0 fully saturated rings. The fraction of sp³-hybridized carbons (Fsp3) is 0.333. The molecule has 20 heavy (non-hydrogen) atoms. The van der Waals surface area contributed by atoms with Gasteiger partial charge in [-0.25, -0.2) is 4.98 Å². The van der Waals surface area contributed by atoms with Crippen LogP contribution in [0.5, 0.6) is 11.5 Å². The van der Waals surface area contributed by atoms with Crippen LogP contribution in [0.25, 0.3) is 0 Å². The van der Waals surface area contributed by atoms with Crippen LogP contribution in [0, 0.1) is 11.3 Å². The van der Waals surface area contributed by atoms with Gasteiger partial charge in [0.15, 0.2) is 0 Å². The van der Waals surface area contributed by atoms with Crippen molar-refractivity contribution in [1.82, 2.24) is 4.98 Å². The van der Waals surface area contributed by atoms with E-state index in [0.717, 1.165) is 10.7 Å². The number of ether oxygens (including phenoxy) is 2. The van der Waals surface area contributed by atoms with Crippen LogP contribution in [-0.4, -0.2) is 12.1 Å². The average Bonchev–Trinajstić information content (AvgIpc) is 2.93. The quantitative estimate of drug-likeness (QED) is 0.841. The van der Waals surface area contributed by atoms with Crippen LogP contribution in [0.1, 0.15) is 36.0 Å². The van der Waals surface area contributed by atoms with E-state index in [1.807, 2.05) is 5.38 Å². The molecule has 0 aliphatic heterocycles. The average molecular weight is 288 g/mol. The van der Waals surface area contributed by atoms with Crippen molar-refractivity contribution in [3.63, 3.8) is 0 Å². The minimum absolute atomic E-state index is 0.390. The number of rotatable bonds is 5. The van der Waals surface area contributed by atoms with Gasteiger partial charge in [-0.05, 0) is 12.1 Å². The van der Waals surface area contributed by atoms with Crippen LogP contribution >= 0.6 is 11.3 Å². The topological polar surface area (TPSA) is 55.1 Å². The largest absolute Gasteiger partial charge is 0.497 e. The van der Waals surface area contributed by atoms with Gasteiger partial charge in [0, 0.05) is 17.4 Å². The summed E-state index contributed by atoms with van der Waals surface area (Å²) in [6.45, 7) is 4.62. The van der Waals surface area contributed by atoms with Gasteiger partial charge in [0.05, 0.1) is 29.4 Å². The molecule has 0 spiro atoms. The predicted molar refractivity (Wildman–Crippen MR) is 78.2 cm³/mol. The first-order valence-electron chi connectivity index (χ1n) is 6.28. The second-order valence-corrected chi connectivity index (χ2v) is 5.52. The number of methoxy groups -OCH3 is 1. The summed E-state index contributed by atoms with van der Waals surface area (Å²) in [5.74, 6) is 1.65.